The molecule has 1 aromatic rings. The van der Waals surface area contributed by atoms with E-state index in [2.05, 4.69) is 28.2 Å². The van der Waals surface area contributed by atoms with E-state index in [0.717, 1.165) is 17.4 Å². The van der Waals surface area contributed by atoms with Crippen molar-refractivity contribution in [2.24, 2.45) is 5.92 Å². The van der Waals surface area contributed by atoms with Gasteiger partial charge in [-0.1, -0.05) is 13.8 Å². The van der Waals surface area contributed by atoms with Gasteiger partial charge in [0.2, 0.25) is 0 Å². The van der Waals surface area contributed by atoms with Gasteiger partial charge in [0.05, 0.1) is 0 Å². The van der Waals surface area contributed by atoms with Crippen LogP contribution in [0.4, 0.5) is 0 Å². The standard InChI is InChI=1S/C14H21BrN2O3/c1-3-6-17-9-11(15)7-12(17)14(20)16-8-10(2)4-5-13(18)19/h7,9-10H,3-6,8H2,1-2H3,(H,16,20)(H,18,19). The van der Waals surface area contributed by atoms with E-state index in [1.807, 2.05) is 17.7 Å². The monoisotopic (exact) mass is 344 g/mol. The summed E-state index contributed by atoms with van der Waals surface area (Å²) >= 11 is 3.38. The van der Waals surface area contributed by atoms with Crippen molar-refractivity contribution in [1.29, 1.82) is 0 Å². The van der Waals surface area contributed by atoms with Crippen LogP contribution in [0.3, 0.4) is 0 Å². The van der Waals surface area contributed by atoms with Gasteiger partial charge in [-0.15, -0.1) is 0 Å². The SMILES string of the molecule is CCCn1cc(Br)cc1C(=O)NCC(C)CCC(=O)O. The lowest BCUT2D eigenvalue weighted by molar-refractivity contribution is -0.137. The molecule has 1 rings (SSSR count). The highest BCUT2D eigenvalue weighted by atomic mass is 79.9. The molecule has 0 fully saturated rings. The molecule has 5 nitrogen and oxygen atoms in total. The van der Waals surface area contributed by atoms with Crippen LogP contribution >= 0.6 is 15.9 Å². The van der Waals surface area contributed by atoms with Gasteiger partial charge in [-0.2, -0.15) is 0 Å². The number of aromatic nitrogens is 1. The van der Waals surface area contributed by atoms with Gasteiger partial charge < -0.3 is 15.0 Å². The Balaban J connectivity index is 2.52. The van der Waals surface area contributed by atoms with E-state index >= 15 is 0 Å². The molecule has 0 bridgehead atoms. The Morgan fingerprint density at radius 3 is 2.80 bits per heavy atom. The number of carboxylic acids is 1. The molecular weight excluding hydrogens is 324 g/mol. The molecule has 1 amide bonds. The Hall–Kier alpha value is -1.30. The molecule has 0 aliphatic carbocycles. The largest absolute Gasteiger partial charge is 0.481 e. The number of rotatable bonds is 8. The normalized spacial score (nSPS) is 12.2. The lowest BCUT2D eigenvalue weighted by Crippen LogP contribution is -2.30. The fourth-order valence-corrected chi connectivity index (χ4v) is 2.38. The van der Waals surface area contributed by atoms with Crippen molar-refractivity contribution >= 4 is 27.8 Å². The van der Waals surface area contributed by atoms with Gasteiger partial charge in [0.15, 0.2) is 0 Å². The Kier molecular flexibility index (Phi) is 6.78. The van der Waals surface area contributed by atoms with Gasteiger partial charge in [-0.25, -0.2) is 0 Å². The van der Waals surface area contributed by atoms with Crippen LogP contribution in [0.2, 0.25) is 0 Å². The van der Waals surface area contributed by atoms with Crippen LogP contribution in [0, 0.1) is 5.92 Å². The number of nitrogens with one attached hydrogen (secondary N) is 1. The molecule has 0 aliphatic rings. The quantitative estimate of drug-likeness (QED) is 0.761. The summed E-state index contributed by atoms with van der Waals surface area (Å²) < 4.78 is 2.80. The summed E-state index contributed by atoms with van der Waals surface area (Å²) in [7, 11) is 0. The zero-order chi connectivity index (χ0) is 15.1. The van der Waals surface area contributed by atoms with Crippen LogP contribution in [-0.4, -0.2) is 28.1 Å². The van der Waals surface area contributed by atoms with Crippen LogP contribution in [0.25, 0.3) is 0 Å². The van der Waals surface area contributed by atoms with Crippen molar-refractivity contribution in [3.63, 3.8) is 0 Å². The molecule has 0 spiro atoms. The minimum absolute atomic E-state index is 0.119. The molecule has 1 heterocycles. The number of amides is 1. The number of carbonyl (C=O) groups excluding carboxylic acids is 1. The smallest absolute Gasteiger partial charge is 0.303 e. The molecule has 1 aromatic heterocycles. The summed E-state index contributed by atoms with van der Waals surface area (Å²) in [4.78, 5) is 22.6. The molecule has 0 saturated carbocycles. The number of aryl methyl sites for hydroxylation is 1. The van der Waals surface area contributed by atoms with Gasteiger partial charge in [0.25, 0.3) is 5.91 Å². The van der Waals surface area contributed by atoms with Crippen molar-refractivity contribution in [2.45, 2.75) is 39.7 Å². The lowest BCUT2D eigenvalue weighted by atomic mass is 10.1. The number of nitrogens with zero attached hydrogens (tertiary/aromatic N) is 1. The number of carbonyl (C=O) groups is 2. The van der Waals surface area contributed by atoms with Crippen molar-refractivity contribution in [2.75, 3.05) is 6.54 Å². The van der Waals surface area contributed by atoms with E-state index in [4.69, 9.17) is 5.11 Å². The van der Waals surface area contributed by atoms with Gasteiger partial charge in [0.1, 0.15) is 5.69 Å². The minimum atomic E-state index is -0.802. The molecular formula is C14H21BrN2O3. The Labute approximate surface area is 127 Å². The van der Waals surface area contributed by atoms with E-state index < -0.39 is 5.97 Å². The van der Waals surface area contributed by atoms with Gasteiger partial charge in [-0.05, 0) is 40.8 Å². The van der Waals surface area contributed by atoms with Crippen molar-refractivity contribution < 1.29 is 14.7 Å². The number of hydrogen-bond acceptors (Lipinski definition) is 2. The van der Waals surface area contributed by atoms with Crippen LogP contribution in [0.1, 0.15) is 43.6 Å². The lowest BCUT2D eigenvalue weighted by Gasteiger charge is -2.12. The Morgan fingerprint density at radius 2 is 2.20 bits per heavy atom. The highest BCUT2D eigenvalue weighted by Gasteiger charge is 2.14. The number of aliphatic carboxylic acids is 1. The fourth-order valence-electron chi connectivity index (χ4n) is 1.92. The molecule has 6 heteroatoms. The van der Waals surface area contributed by atoms with Gasteiger partial charge >= 0.3 is 5.97 Å². The van der Waals surface area contributed by atoms with Crippen molar-refractivity contribution in [1.82, 2.24) is 9.88 Å². The molecule has 0 aromatic carbocycles. The van der Waals surface area contributed by atoms with Crippen LogP contribution < -0.4 is 5.32 Å². The molecule has 20 heavy (non-hydrogen) atoms. The molecule has 112 valence electrons. The van der Waals surface area contributed by atoms with Crippen LogP contribution in [0.5, 0.6) is 0 Å². The van der Waals surface area contributed by atoms with E-state index in [1.54, 1.807) is 6.07 Å². The first kappa shape index (κ1) is 16.8. The third kappa shape index (κ3) is 5.36. The summed E-state index contributed by atoms with van der Waals surface area (Å²) in [6.07, 6.45) is 3.55. The number of carboxylic acid groups (broad SMARTS) is 1. The summed E-state index contributed by atoms with van der Waals surface area (Å²) in [5.41, 5.74) is 0.629. The topological polar surface area (TPSA) is 71.3 Å². The van der Waals surface area contributed by atoms with Crippen LogP contribution in [-0.2, 0) is 11.3 Å². The third-order valence-corrected chi connectivity index (χ3v) is 3.46. The summed E-state index contributed by atoms with van der Waals surface area (Å²) in [5, 5.41) is 11.5. The molecule has 0 aliphatic heterocycles. The Bertz CT molecular complexity index is 471. The van der Waals surface area contributed by atoms with Gasteiger partial charge in [-0.3, -0.25) is 9.59 Å². The molecule has 1 atom stereocenters. The first-order chi connectivity index (χ1) is 9.43. The average Bonchev–Trinajstić information content (AvgIpc) is 2.75. The zero-order valence-electron chi connectivity index (χ0n) is 11.9. The first-order valence-electron chi connectivity index (χ1n) is 6.79. The summed E-state index contributed by atoms with van der Waals surface area (Å²) in [5.74, 6) is -0.775. The summed E-state index contributed by atoms with van der Waals surface area (Å²) in [6, 6.07) is 1.80. The third-order valence-electron chi connectivity index (χ3n) is 3.02. The average molecular weight is 345 g/mol. The maximum atomic E-state index is 12.1. The molecule has 1 unspecified atom stereocenters. The maximum Gasteiger partial charge on any atom is 0.303 e. The number of halogens is 1. The van der Waals surface area contributed by atoms with Crippen molar-refractivity contribution in [3.8, 4) is 0 Å². The molecule has 0 radical (unpaired) electrons. The van der Waals surface area contributed by atoms with Crippen molar-refractivity contribution in [3.05, 3.63) is 22.4 Å². The second kappa shape index (κ2) is 8.09. The second-order valence-corrected chi connectivity index (χ2v) is 5.90. The Morgan fingerprint density at radius 1 is 1.50 bits per heavy atom. The fraction of sp³-hybridized carbons (Fsp3) is 0.571. The molecule has 0 saturated heterocycles. The minimum Gasteiger partial charge on any atom is -0.481 e. The van der Waals surface area contributed by atoms with Crippen LogP contribution in [0.15, 0.2) is 16.7 Å². The maximum absolute atomic E-state index is 12.1. The van der Waals surface area contributed by atoms with E-state index in [0.29, 0.717) is 18.7 Å². The summed E-state index contributed by atoms with van der Waals surface area (Å²) in [6.45, 7) is 5.28. The van der Waals surface area contributed by atoms with E-state index in [9.17, 15) is 9.59 Å². The molecule has 2 N–H and O–H groups in total. The van der Waals surface area contributed by atoms with Gasteiger partial charge in [0, 0.05) is 30.2 Å². The predicted octanol–water partition coefficient (Wildman–Crippen LogP) is 2.89. The van der Waals surface area contributed by atoms with E-state index in [1.165, 1.54) is 0 Å². The van der Waals surface area contributed by atoms with E-state index in [-0.39, 0.29) is 18.2 Å². The zero-order valence-corrected chi connectivity index (χ0v) is 13.4. The first-order valence-corrected chi connectivity index (χ1v) is 7.59. The highest BCUT2D eigenvalue weighted by molar-refractivity contribution is 9.10. The highest BCUT2D eigenvalue weighted by Crippen LogP contribution is 2.15. The predicted molar refractivity (Wildman–Crippen MR) is 80.8 cm³/mol. The second-order valence-electron chi connectivity index (χ2n) is 4.98. The number of hydrogen-bond donors (Lipinski definition) is 2.